The Labute approximate surface area is 112 Å². The Kier molecular flexibility index (Phi) is 2.92. The van der Waals surface area contributed by atoms with Crippen molar-refractivity contribution in [2.24, 2.45) is 17.8 Å². The van der Waals surface area contributed by atoms with Crippen LogP contribution in [-0.4, -0.2) is 24.4 Å². The molecule has 0 saturated carbocycles. The zero-order chi connectivity index (χ0) is 13.6. The van der Waals surface area contributed by atoms with Crippen LogP contribution in [0, 0.1) is 23.6 Å². The van der Waals surface area contributed by atoms with Gasteiger partial charge in [-0.25, -0.2) is 4.39 Å². The summed E-state index contributed by atoms with van der Waals surface area (Å²) in [7, 11) is 1.86. The fourth-order valence-electron chi connectivity index (χ4n) is 3.52. The van der Waals surface area contributed by atoms with Crippen LogP contribution in [0.4, 0.5) is 4.39 Å². The van der Waals surface area contributed by atoms with Gasteiger partial charge in [0.15, 0.2) is 0 Å². The molecule has 0 unspecified atom stereocenters. The summed E-state index contributed by atoms with van der Waals surface area (Å²) in [6.45, 7) is 2.93. The Hall–Kier alpha value is -1.64. The van der Waals surface area contributed by atoms with Crippen LogP contribution in [-0.2, 0) is 4.79 Å². The van der Waals surface area contributed by atoms with Crippen molar-refractivity contribution >= 4 is 5.91 Å². The van der Waals surface area contributed by atoms with E-state index in [2.05, 4.69) is 19.1 Å². The van der Waals surface area contributed by atoms with Gasteiger partial charge in [-0.3, -0.25) is 4.79 Å². The molecule has 0 radical (unpaired) electrons. The van der Waals surface area contributed by atoms with Crippen LogP contribution in [0.1, 0.15) is 18.4 Å². The SMILES string of the molecule is C[C@H]1C=C[C@H]2CN(C)C(=O)[C@H]2[C@@H]1c1ccc(F)cc1. The minimum atomic E-state index is -0.228. The summed E-state index contributed by atoms with van der Waals surface area (Å²) in [4.78, 5) is 14.2. The van der Waals surface area contributed by atoms with Gasteiger partial charge in [0.25, 0.3) is 0 Å². The largest absolute Gasteiger partial charge is 0.345 e. The predicted octanol–water partition coefficient (Wildman–Crippen LogP) is 2.82. The van der Waals surface area contributed by atoms with E-state index in [-0.39, 0.29) is 23.6 Å². The molecular weight excluding hydrogens is 241 g/mol. The third kappa shape index (κ3) is 1.97. The highest BCUT2D eigenvalue weighted by Crippen LogP contribution is 2.45. The predicted molar refractivity (Wildman–Crippen MR) is 72.1 cm³/mol. The fourth-order valence-corrected chi connectivity index (χ4v) is 3.52. The molecule has 1 heterocycles. The summed E-state index contributed by atoms with van der Waals surface area (Å²) in [5.41, 5.74) is 1.07. The Morgan fingerprint density at radius 3 is 2.53 bits per heavy atom. The number of carbonyl (C=O) groups is 1. The summed E-state index contributed by atoms with van der Waals surface area (Å²) in [6.07, 6.45) is 4.37. The van der Waals surface area contributed by atoms with Crippen molar-refractivity contribution in [2.45, 2.75) is 12.8 Å². The molecule has 2 aliphatic rings. The zero-order valence-electron chi connectivity index (χ0n) is 11.2. The molecule has 0 bridgehead atoms. The number of hydrogen-bond donors (Lipinski definition) is 0. The van der Waals surface area contributed by atoms with Gasteiger partial charge in [0.2, 0.25) is 5.91 Å². The van der Waals surface area contributed by atoms with E-state index in [1.807, 2.05) is 24.1 Å². The second-order valence-electron chi connectivity index (χ2n) is 5.73. The van der Waals surface area contributed by atoms with Crippen LogP contribution in [0.2, 0.25) is 0 Å². The van der Waals surface area contributed by atoms with E-state index in [1.54, 1.807) is 0 Å². The van der Waals surface area contributed by atoms with Crippen LogP contribution in [0.3, 0.4) is 0 Å². The minimum Gasteiger partial charge on any atom is -0.345 e. The van der Waals surface area contributed by atoms with E-state index in [4.69, 9.17) is 0 Å². The van der Waals surface area contributed by atoms with Crippen LogP contribution in [0.25, 0.3) is 0 Å². The Balaban J connectivity index is 2.00. The van der Waals surface area contributed by atoms with Gasteiger partial charge in [0.1, 0.15) is 5.82 Å². The second kappa shape index (κ2) is 4.48. The molecule has 0 aromatic heterocycles. The number of nitrogens with zero attached hydrogens (tertiary/aromatic N) is 1. The number of halogens is 1. The third-order valence-corrected chi connectivity index (χ3v) is 4.48. The Morgan fingerprint density at radius 2 is 1.84 bits per heavy atom. The molecule has 1 saturated heterocycles. The van der Waals surface area contributed by atoms with Crippen molar-refractivity contribution in [2.75, 3.05) is 13.6 Å². The molecule has 4 atom stereocenters. The highest BCUT2D eigenvalue weighted by molar-refractivity contribution is 5.83. The first-order chi connectivity index (χ1) is 9.08. The van der Waals surface area contributed by atoms with Crippen molar-refractivity contribution in [1.29, 1.82) is 0 Å². The highest BCUT2D eigenvalue weighted by atomic mass is 19.1. The molecule has 3 rings (SSSR count). The van der Waals surface area contributed by atoms with Crippen LogP contribution >= 0.6 is 0 Å². The minimum absolute atomic E-state index is 0.00969. The number of rotatable bonds is 1. The molecule has 2 nitrogen and oxygen atoms in total. The average molecular weight is 259 g/mol. The number of hydrogen-bond acceptors (Lipinski definition) is 1. The van der Waals surface area contributed by atoms with Crippen molar-refractivity contribution < 1.29 is 9.18 Å². The quantitative estimate of drug-likeness (QED) is 0.710. The molecule has 1 aliphatic carbocycles. The number of allylic oxidation sites excluding steroid dienone is 1. The number of carbonyl (C=O) groups excluding carboxylic acids is 1. The fraction of sp³-hybridized carbons (Fsp3) is 0.438. The summed E-state index contributed by atoms with van der Waals surface area (Å²) in [6, 6.07) is 6.60. The van der Waals surface area contributed by atoms with Crippen LogP contribution in [0.15, 0.2) is 36.4 Å². The summed E-state index contributed by atoms with van der Waals surface area (Å²) < 4.78 is 13.1. The molecule has 19 heavy (non-hydrogen) atoms. The maximum Gasteiger partial charge on any atom is 0.226 e. The lowest BCUT2D eigenvalue weighted by molar-refractivity contribution is -0.131. The molecule has 100 valence electrons. The Bertz CT molecular complexity index is 522. The summed E-state index contributed by atoms with van der Waals surface area (Å²) >= 11 is 0. The van der Waals surface area contributed by atoms with Gasteiger partial charge in [0.05, 0.1) is 5.92 Å². The van der Waals surface area contributed by atoms with Gasteiger partial charge in [-0.05, 0) is 23.6 Å². The van der Waals surface area contributed by atoms with Crippen molar-refractivity contribution in [3.63, 3.8) is 0 Å². The van der Waals surface area contributed by atoms with Gasteiger partial charge in [-0.15, -0.1) is 0 Å². The van der Waals surface area contributed by atoms with Gasteiger partial charge in [0, 0.05) is 25.4 Å². The molecule has 1 fully saturated rings. The summed E-state index contributed by atoms with van der Waals surface area (Å²) in [5, 5.41) is 0. The molecule has 1 aromatic rings. The summed E-state index contributed by atoms with van der Waals surface area (Å²) in [5.74, 6) is 0.763. The lowest BCUT2D eigenvalue weighted by Crippen LogP contribution is -2.31. The number of benzene rings is 1. The standard InChI is InChI=1S/C16H18FNO/c1-10-3-4-12-9-18(2)16(19)15(12)14(10)11-5-7-13(17)8-6-11/h3-8,10,12,14-15H,9H2,1-2H3/t10-,12-,14-,15+/m0/s1. The molecule has 1 aliphatic heterocycles. The smallest absolute Gasteiger partial charge is 0.226 e. The first-order valence-electron chi connectivity index (χ1n) is 6.76. The molecule has 1 amide bonds. The van der Waals surface area contributed by atoms with Crippen molar-refractivity contribution in [3.8, 4) is 0 Å². The molecular formula is C16H18FNO. The number of fused-ring (bicyclic) bond motifs is 1. The number of likely N-dealkylation sites (tertiary alicyclic amines) is 1. The number of amides is 1. The van der Waals surface area contributed by atoms with Crippen LogP contribution in [0.5, 0.6) is 0 Å². The lowest BCUT2D eigenvalue weighted by atomic mass is 9.69. The maximum absolute atomic E-state index is 13.1. The molecule has 3 heteroatoms. The van der Waals surface area contributed by atoms with Gasteiger partial charge in [-0.1, -0.05) is 31.2 Å². The van der Waals surface area contributed by atoms with E-state index >= 15 is 0 Å². The lowest BCUT2D eigenvalue weighted by Gasteiger charge is -2.33. The Morgan fingerprint density at radius 1 is 1.16 bits per heavy atom. The third-order valence-electron chi connectivity index (χ3n) is 4.48. The highest BCUT2D eigenvalue weighted by Gasteiger charge is 2.46. The van der Waals surface area contributed by atoms with Crippen molar-refractivity contribution in [3.05, 3.63) is 47.8 Å². The van der Waals surface area contributed by atoms with E-state index in [0.717, 1.165) is 12.1 Å². The van der Waals surface area contributed by atoms with E-state index in [1.165, 1.54) is 12.1 Å². The monoisotopic (exact) mass is 259 g/mol. The average Bonchev–Trinajstić information content (AvgIpc) is 2.68. The first kappa shape index (κ1) is 12.4. The topological polar surface area (TPSA) is 20.3 Å². The van der Waals surface area contributed by atoms with Gasteiger partial charge < -0.3 is 4.90 Å². The van der Waals surface area contributed by atoms with Gasteiger partial charge in [-0.2, -0.15) is 0 Å². The molecule has 0 N–H and O–H groups in total. The van der Waals surface area contributed by atoms with Gasteiger partial charge >= 0.3 is 0 Å². The molecule has 1 aromatic carbocycles. The van der Waals surface area contributed by atoms with E-state index in [0.29, 0.717) is 11.8 Å². The normalized spacial score (nSPS) is 33.6. The van der Waals surface area contributed by atoms with Crippen molar-refractivity contribution in [1.82, 2.24) is 4.90 Å². The van der Waals surface area contributed by atoms with Crippen LogP contribution < -0.4 is 0 Å². The second-order valence-corrected chi connectivity index (χ2v) is 5.73. The maximum atomic E-state index is 13.1. The molecule has 0 spiro atoms. The zero-order valence-corrected chi connectivity index (χ0v) is 11.2. The van der Waals surface area contributed by atoms with E-state index in [9.17, 15) is 9.18 Å². The first-order valence-corrected chi connectivity index (χ1v) is 6.76. The van der Waals surface area contributed by atoms with E-state index < -0.39 is 0 Å².